The van der Waals surface area contributed by atoms with Crippen molar-refractivity contribution < 1.29 is 24.6 Å². The molecular weight excluding hydrogens is 262 g/mol. The van der Waals surface area contributed by atoms with Crippen LogP contribution in [0.3, 0.4) is 0 Å². The summed E-state index contributed by atoms with van der Waals surface area (Å²) in [4.78, 5) is 33.5. The van der Waals surface area contributed by atoms with Crippen molar-refractivity contribution >= 4 is 17.8 Å². The van der Waals surface area contributed by atoms with Crippen LogP contribution in [0.25, 0.3) is 0 Å². The molecule has 3 N–H and O–H groups in total. The standard InChI is InChI=1S/C14H17NO5/c1-9-5-2-3-6-10(9)13(18)15-11(14(19)20)7-4-8-12(16)17/h2-3,5-6,11H,4,7-8H2,1H3,(H,15,18)(H,16,17)(H,19,20)/t11-/m1/s1. The maximum absolute atomic E-state index is 12.0. The molecule has 1 aromatic carbocycles. The maximum Gasteiger partial charge on any atom is 0.326 e. The van der Waals surface area contributed by atoms with E-state index in [0.29, 0.717) is 5.56 Å². The molecule has 0 radical (unpaired) electrons. The van der Waals surface area contributed by atoms with E-state index >= 15 is 0 Å². The Morgan fingerprint density at radius 2 is 1.85 bits per heavy atom. The van der Waals surface area contributed by atoms with Gasteiger partial charge in [-0.3, -0.25) is 9.59 Å². The van der Waals surface area contributed by atoms with E-state index in [0.717, 1.165) is 5.56 Å². The maximum atomic E-state index is 12.0. The van der Waals surface area contributed by atoms with Gasteiger partial charge in [-0.05, 0) is 31.4 Å². The van der Waals surface area contributed by atoms with Crippen LogP contribution in [-0.2, 0) is 9.59 Å². The average molecular weight is 279 g/mol. The largest absolute Gasteiger partial charge is 0.481 e. The molecule has 0 aliphatic rings. The Hall–Kier alpha value is -2.37. The molecule has 1 rings (SSSR count). The molecule has 0 fully saturated rings. The number of amides is 1. The van der Waals surface area contributed by atoms with E-state index in [2.05, 4.69) is 5.32 Å². The van der Waals surface area contributed by atoms with Crippen LogP contribution in [0.15, 0.2) is 24.3 Å². The molecule has 0 aliphatic carbocycles. The zero-order valence-corrected chi connectivity index (χ0v) is 11.1. The van der Waals surface area contributed by atoms with Crippen molar-refractivity contribution in [3.05, 3.63) is 35.4 Å². The molecule has 0 spiro atoms. The van der Waals surface area contributed by atoms with Gasteiger partial charge in [0, 0.05) is 12.0 Å². The minimum absolute atomic E-state index is 0.0826. The van der Waals surface area contributed by atoms with E-state index in [4.69, 9.17) is 10.2 Å². The molecule has 6 heteroatoms. The number of carbonyl (C=O) groups excluding carboxylic acids is 1. The van der Waals surface area contributed by atoms with Crippen molar-refractivity contribution in [3.8, 4) is 0 Å². The lowest BCUT2D eigenvalue weighted by atomic mass is 10.1. The number of aryl methyl sites for hydroxylation is 1. The number of hydrogen-bond donors (Lipinski definition) is 3. The van der Waals surface area contributed by atoms with Gasteiger partial charge in [-0.1, -0.05) is 18.2 Å². The van der Waals surface area contributed by atoms with Crippen molar-refractivity contribution in [1.82, 2.24) is 5.32 Å². The number of nitrogens with one attached hydrogen (secondary N) is 1. The smallest absolute Gasteiger partial charge is 0.326 e. The molecule has 108 valence electrons. The molecule has 0 heterocycles. The number of carbonyl (C=O) groups is 3. The number of rotatable bonds is 7. The van der Waals surface area contributed by atoms with E-state index in [1.54, 1.807) is 31.2 Å². The molecule has 0 bridgehead atoms. The lowest BCUT2D eigenvalue weighted by molar-refractivity contribution is -0.140. The topological polar surface area (TPSA) is 104 Å². The van der Waals surface area contributed by atoms with Crippen LogP contribution >= 0.6 is 0 Å². The quantitative estimate of drug-likeness (QED) is 0.700. The van der Waals surface area contributed by atoms with E-state index in [1.807, 2.05) is 0 Å². The Morgan fingerprint density at radius 1 is 1.20 bits per heavy atom. The van der Waals surface area contributed by atoms with Gasteiger partial charge in [-0.15, -0.1) is 0 Å². The Labute approximate surface area is 116 Å². The Balaban J connectivity index is 2.66. The van der Waals surface area contributed by atoms with Crippen LogP contribution < -0.4 is 5.32 Å². The number of aliphatic carboxylic acids is 2. The molecule has 0 aliphatic heterocycles. The zero-order valence-electron chi connectivity index (χ0n) is 11.1. The highest BCUT2D eigenvalue weighted by atomic mass is 16.4. The number of carboxylic acid groups (broad SMARTS) is 2. The van der Waals surface area contributed by atoms with E-state index in [-0.39, 0.29) is 19.3 Å². The van der Waals surface area contributed by atoms with Gasteiger partial charge in [0.1, 0.15) is 6.04 Å². The summed E-state index contributed by atoms with van der Waals surface area (Å²) >= 11 is 0. The molecule has 20 heavy (non-hydrogen) atoms. The second kappa shape index (κ2) is 7.28. The highest BCUT2D eigenvalue weighted by Gasteiger charge is 2.21. The third-order valence-corrected chi connectivity index (χ3v) is 2.88. The van der Waals surface area contributed by atoms with Crippen LogP contribution in [-0.4, -0.2) is 34.1 Å². The summed E-state index contributed by atoms with van der Waals surface area (Å²) in [5.41, 5.74) is 1.16. The fraction of sp³-hybridized carbons (Fsp3) is 0.357. The van der Waals surface area contributed by atoms with Crippen molar-refractivity contribution in [1.29, 1.82) is 0 Å². The van der Waals surface area contributed by atoms with Gasteiger partial charge in [0.05, 0.1) is 0 Å². The lowest BCUT2D eigenvalue weighted by Crippen LogP contribution is -2.41. The molecule has 0 saturated carbocycles. The number of hydrogen-bond acceptors (Lipinski definition) is 3. The monoisotopic (exact) mass is 279 g/mol. The molecule has 1 atom stereocenters. The van der Waals surface area contributed by atoms with Gasteiger partial charge in [-0.2, -0.15) is 0 Å². The lowest BCUT2D eigenvalue weighted by Gasteiger charge is -2.15. The van der Waals surface area contributed by atoms with Gasteiger partial charge in [0.2, 0.25) is 0 Å². The first-order valence-corrected chi connectivity index (χ1v) is 6.23. The minimum atomic E-state index is -1.17. The van der Waals surface area contributed by atoms with Gasteiger partial charge >= 0.3 is 11.9 Å². The molecule has 0 aromatic heterocycles. The fourth-order valence-corrected chi connectivity index (χ4v) is 1.78. The average Bonchev–Trinajstić information content (AvgIpc) is 2.37. The van der Waals surface area contributed by atoms with Crippen LogP contribution in [0.4, 0.5) is 0 Å². The van der Waals surface area contributed by atoms with E-state index in [9.17, 15) is 14.4 Å². The predicted octanol–water partition coefficient (Wildman–Crippen LogP) is 1.43. The Kier molecular flexibility index (Phi) is 5.71. The summed E-state index contributed by atoms with van der Waals surface area (Å²) in [5, 5.41) is 20.0. The third kappa shape index (κ3) is 4.72. The summed E-state index contributed by atoms with van der Waals surface area (Å²) < 4.78 is 0. The van der Waals surface area contributed by atoms with E-state index < -0.39 is 23.9 Å². The first kappa shape index (κ1) is 15.7. The van der Waals surface area contributed by atoms with Gasteiger partial charge in [-0.25, -0.2) is 4.79 Å². The second-order valence-corrected chi connectivity index (χ2v) is 4.47. The van der Waals surface area contributed by atoms with E-state index in [1.165, 1.54) is 0 Å². The summed E-state index contributed by atoms with van der Waals surface area (Å²) in [6, 6.07) is 5.77. The van der Waals surface area contributed by atoms with Crippen molar-refractivity contribution in [3.63, 3.8) is 0 Å². The fourth-order valence-electron chi connectivity index (χ4n) is 1.78. The van der Waals surface area contributed by atoms with Crippen LogP contribution in [0.5, 0.6) is 0 Å². The van der Waals surface area contributed by atoms with Crippen LogP contribution in [0.2, 0.25) is 0 Å². The summed E-state index contributed by atoms with van der Waals surface area (Å²) in [5.74, 6) is -2.62. The molecule has 1 aromatic rings. The molecule has 6 nitrogen and oxygen atoms in total. The normalized spacial score (nSPS) is 11.7. The SMILES string of the molecule is Cc1ccccc1C(=O)N[C@H](CCCC(=O)O)C(=O)O. The molecular formula is C14H17NO5. The highest BCUT2D eigenvalue weighted by molar-refractivity contribution is 5.97. The Morgan fingerprint density at radius 3 is 2.40 bits per heavy atom. The second-order valence-electron chi connectivity index (χ2n) is 4.47. The first-order valence-electron chi connectivity index (χ1n) is 6.23. The van der Waals surface area contributed by atoms with Crippen LogP contribution in [0, 0.1) is 6.92 Å². The number of benzene rings is 1. The molecule has 0 unspecified atom stereocenters. The number of carboxylic acids is 2. The summed E-state index contributed by atoms with van der Waals surface area (Å²) in [6.45, 7) is 1.76. The van der Waals surface area contributed by atoms with Gasteiger partial charge < -0.3 is 15.5 Å². The van der Waals surface area contributed by atoms with Gasteiger partial charge in [0.25, 0.3) is 5.91 Å². The van der Waals surface area contributed by atoms with Gasteiger partial charge in [0.15, 0.2) is 0 Å². The summed E-state index contributed by atoms with van der Waals surface area (Å²) in [7, 11) is 0. The zero-order chi connectivity index (χ0) is 15.1. The molecule has 0 saturated heterocycles. The van der Waals surface area contributed by atoms with Crippen LogP contribution in [0.1, 0.15) is 35.2 Å². The predicted molar refractivity (Wildman–Crippen MR) is 71.6 cm³/mol. The van der Waals surface area contributed by atoms with Crippen molar-refractivity contribution in [2.75, 3.05) is 0 Å². The van der Waals surface area contributed by atoms with Crippen molar-refractivity contribution in [2.45, 2.75) is 32.2 Å². The highest BCUT2D eigenvalue weighted by Crippen LogP contribution is 2.08. The Bertz CT molecular complexity index is 512. The van der Waals surface area contributed by atoms with Crippen molar-refractivity contribution in [2.24, 2.45) is 0 Å². The summed E-state index contributed by atoms with van der Waals surface area (Å²) in [6.07, 6.45) is 0.156. The first-order chi connectivity index (χ1) is 9.41. The minimum Gasteiger partial charge on any atom is -0.481 e. The molecule has 1 amide bonds. The third-order valence-electron chi connectivity index (χ3n) is 2.88.